The number of nitrogens with two attached hydrogens (primary N) is 1. The van der Waals surface area contributed by atoms with E-state index in [1.165, 1.54) is 12.8 Å². The van der Waals surface area contributed by atoms with Gasteiger partial charge in [-0.15, -0.1) is 0 Å². The average molecular weight is 258 g/mol. The van der Waals surface area contributed by atoms with Crippen molar-refractivity contribution in [3.63, 3.8) is 0 Å². The number of nitrogens with zero attached hydrogens (tertiary/aromatic N) is 1. The first-order chi connectivity index (χ1) is 8.66. The van der Waals surface area contributed by atoms with Gasteiger partial charge in [0.25, 0.3) is 0 Å². The molecule has 1 amide bonds. The molecule has 0 aromatic rings. The van der Waals surface area contributed by atoms with Gasteiger partial charge < -0.3 is 21.3 Å². The standard InChI is InChI=1S/C13H30N4O/c1-13(18)16-10-6-12-17(2)11-4-3-8-15-9-5-7-14/h15H,3-12,14H2,1-2H3,(H,16,18). The van der Waals surface area contributed by atoms with Crippen LogP contribution >= 0.6 is 0 Å². The Balaban J connectivity index is 3.16. The van der Waals surface area contributed by atoms with Crippen LogP contribution in [0.1, 0.15) is 32.6 Å². The predicted octanol–water partition coefficient (Wildman–Crippen LogP) is 0.163. The molecule has 0 heterocycles. The van der Waals surface area contributed by atoms with E-state index >= 15 is 0 Å². The van der Waals surface area contributed by atoms with Gasteiger partial charge >= 0.3 is 0 Å². The first-order valence-electron chi connectivity index (χ1n) is 7.00. The molecule has 0 spiro atoms. The molecule has 0 radical (unpaired) electrons. The van der Waals surface area contributed by atoms with Crippen LogP contribution in [-0.2, 0) is 4.79 Å². The van der Waals surface area contributed by atoms with E-state index in [0.29, 0.717) is 0 Å². The first kappa shape index (κ1) is 17.4. The number of hydrogen-bond donors (Lipinski definition) is 3. The van der Waals surface area contributed by atoms with Crippen LogP contribution in [0.15, 0.2) is 0 Å². The lowest BCUT2D eigenvalue weighted by atomic mass is 10.2. The minimum absolute atomic E-state index is 0.0567. The average Bonchev–Trinajstić information content (AvgIpc) is 2.33. The predicted molar refractivity (Wildman–Crippen MR) is 76.6 cm³/mol. The highest BCUT2D eigenvalue weighted by atomic mass is 16.1. The van der Waals surface area contributed by atoms with Crippen LogP contribution in [0.3, 0.4) is 0 Å². The summed E-state index contributed by atoms with van der Waals surface area (Å²) < 4.78 is 0. The highest BCUT2D eigenvalue weighted by Gasteiger charge is 1.98. The second kappa shape index (κ2) is 12.8. The smallest absolute Gasteiger partial charge is 0.216 e. The maximum absolute atomic E-state index is 10.7. The number of amides is 1. The quantitative estimate of drug-likeness (QED) is 0.436. The molecule has 0 aliphatic carbocycles. The van der Waals surface area contributed by atoms with Crippen molar-refractivity contribution < 1.29 is 4.79 Å². The molecule has 0 aromatic carbocycles. The fraction of sp³-hybridized carbons (Fsp3) is 0.923. The Bertz CT molecular complexity index is 199. The number of nitrogens with one attached hydrogen (secondary N) is 2. The minimum Gasteiger partial charge on any atom is -0.356 e. The van der Waals surface area contributed by atoms with Gasteiger partial charge in [-0.1, -0.05) is 0 Å². The topological polar surface area (TPSA) is 70.4 Å². The molecule has 5 heteroatoms. The van der Waals surface area contributed by atoms with Crippen molar-refractivity contribution in [2.75, 3.05) is 46.3 Å². The monoisotopic (exact) mass is 258 g/mol. The maximum atomic E-state index is 10.7. The third-order valence-electron chi connectivity index (χ3n) is 2.79. The zero-order valence-corrected chi connectivity index (χ0v) is 12.0. The molecular weight excluding hydrogens is 228 g/mol. The Kier molecular flexibility index (Phi) is 12.3. The molecule has 5 nitrogen and oxygen atoms in total. The summed E-state index contributed by atoms with van der Waals surface area (Å²) in [5.74, 6) is 0.0567. The Morgan fingerprint density at radius 3 is 2.39 bits per heavy atom. The Labute approximate surface area is 111 Å². The van der Waals surface area contributed by atoms with E-state index < -0.39 is 0 Å². The molecule has 0 atom stereocenters. The van der Waals surface area contributed by atoms with Gasteiger partial charge in [-0.3, -0.25) is 4.79 Å². The van der Waals surface area contributed by atoms with E-state index in [1.807, 2.05) is 0 Å². The lowest BCUT2D eigenvalue weighted by Crippen LogP contribution is -2.27. The van der Waals surface area contributed by atoms with Crippen LogP contribution in [0.2, 0.25) is 0 Å². The molecular formula is C13H30N4O. The minimum atomic E-state index is 0.0567. The van der Waals surface area contributed by atoms with Crippen LogP contribution in [0.25, 0.3) is 0 Å². The van der Waals surface area contributed by atoms with Crippen molar-refractivity contribution in [1.82, 2.24) is 15.5 Å². The van der Waals surface area contributed by atoms with Gasteiger partial charge in [0.05, 0.1) is 0 Å². The van der Waals surface area contributed by atoms with Gasteiger partial charge in [-0.25, -0.2) is 0 Å². The zero-order valence-electron chi connectivity index (χ0n) is 12.0. The summed E-state index contributed by atoms with van der Waals surface area (Å²) in [6, 6.07) is 0. The van der Waals surface area contributed by atoms with Crippen molar-refractivity contribution in [1.29, 1.82) is 0 Å². The van der Waals surface area contributed by atoms with Crippen LogP contribution < -0.4 is 16.4 Å². The summed E-state index contributed by atoms with van der Waals surface area (Å²) in [6.45, 7) is 7.38. The second-order valence-electron chi connectivity index (χ2n) is 4.74. The fourth-order valence-corrected chi connectivity index (χ4v) is 1.71. The Hall–Kier alpha value is -0.650. The summed E-state index contributed by atoms with van der Waals surface area (Å²) in [7, 11) is 2.13. The lowest BCUT2D eigenvalue weighted by Gasteiger charge is -2.16. The highest BCUT2D eigenvalue weighted by molar-refractivity contribution is 5.72. The van der Waals surface area contributed by atoms with Crippen LogP contribution in [-0.4, -0.2) is 57.1 Å². The SMILES string of the molecule is CC(=O)NCCCN(C)CCCCNCCCN. The summed E-state index contributed by atoms with van der Waals surface area (Å²) in [5, 5.41) is 6.19. The largest absolute Gasteiger partial charge is 0.356 e. The maximum Gasteiger partial charge on any atom is 0.216 e. The summed E-state index contributed by atoms with van der Waals surface area (Å²) in [6.07, 6.45) is 4.50. The van der Waals surface area contributed by atoms with E-state index in [4.69, 9.17) is 5.73 Å². The first-order valence-corrected chi connectivity index (χ1v) is 7.00. The van der Waals surface area contributed by atoms with Crippen molar-refractivity contribution >= 4 is 5.91 Å². The molecule has 0 saturated carbocycles. The summed E-state index contributed by atoms with van der Waals surface area (Å²) in [4.78, 5) is 13.0. The van der Waals surface area contributed by atoms with E-state index in [0.717, 1.165) is 52.1 Å². The van der Waals surface area contributed by atoms with Crippen molar-refractivity contribution in [3.05, 3.63) is 0 Å². The van der Waals surface area contributed by atoms with Gasteiger partial charge in [-0.05, 0) is 65.5 Å². The lowest BCUT2D eigenvalue weighted by molar-refractivity contribution is -0.118. The van der Waals surface area contributed by atoms with Crippen molar-refractivity contribution in [3.8, 4) is 0 Å². The van der Waals surface area contributed by atoms with Gasteiger partial charge in [0, 0.05) is 13.5 Å². The molecule has 0 aliphatic rings. The second-order valence-corrected chi connectivity index (χ2v) is 4.74. The normalized spacial score (nSPS) is 10.9. The molecule has 0 rings (SSSR count). The van der Waals surface area contributed by atoms with Crippen molar-refractivity contribution in [2.45, 2.75) is 32.6 Å². The number of unbranched alkanes of at least 4 members (excludes halogenated alkanes) is 1. The van der Waals surface area contributed by atoms with Crippen LogP contribution in [0.4, 0.5) is 0 Å². The summed E-state index contributed by atoms with van der Waals surface area (Å²) in [5.41, 5.74) is 5.41. The third kappa shape index (κ3) is 13.4. The zero-order chi connectivity index (χ0) is 13.6. The fourth-order valence-electron chi connectivity index (χ4n) is 1.71. The molecule has 108 valence electrons. The van der Waals surface area contributed by atoms with E-state index in [-0.39, 0.29) is 5.91 Å². The molecule has 0 saturated heterocycles. The van der Waals surface area contributed by atoms with Gasteiger partial charge in [0.1, 0.15) is 0 Å². The number of hydrogen-bond acceptors (Lipinski definition) is 4. The molecule has 0 fully saturated rings. The van der Waals surface area contributed by atoms with E-state index in [9.17, 15) is 4.79 Å². The van der Waals surface area contributed by atoms with Gasteiger partial charge in [0.2, 0.25) is 5.91 Å². The highest BCUT2D eigenvalue weighted by Crippen LogP contribution is 1.93. The van der Waals surface area contributed by atoms with Crippen LogP contribution in [0.5, 0.6) is 0 Å². The Morgan fingerprint density at radius 1 is 1.06 bits per heavy atom. The van der Waals surface area contributed by atoms with Crippen molar-refractivity contribution in [2.24, 2.45) is 5.73 Å². The number of carbonyl (C=O) groups is 1. The molecule has 4 N–H and O–H groups in total. The van der Waals surface area contributed by atoms with Crippen LogP contribution in [0, 0.1) is 0 Å². The third-order valence-corrected chi connectivity index (χ3v) is 2.79. The van der Waals surface area contributed by atoms with Gasteiger partial charge in [0.15, 0.2) is 0 Å². The molecule has 18 heavy (non-hydrogen) atoms. The van der Waals surface area contributed by atoms with E-state index in [2.05, 4.69) is 22.6 Å². The summed E-state index contributed by atoms with van der Waals surface area (Å²) >= 11 is 0. The van der Waals surface area contributed by atoms with Gasteiger partial charge in [-0.2, -0.15) is 0 Å². The molecule has 0 aliphatic heterocycles. The molecule has 0 aromatic heterocycles. The van der Waals surface area contributed by atoms with E-state index in [1.54, 1.807) is 6.92 Å². The Morgan fingerprint density at radius 2 is 1.72 bits per heavy atom. The molecule has 0 bridgehead atoms. The number of carbonyl (C=O) groups excluding carboxylic acids is 1. The molecule has 0 unspecified atom stereocenters. The number of rotatable bonds is 12.